The van der Waals surface area contributed by atoms with Crippen molar-refractivity contribution in [1.29, 1.82) is 0 Å². The molecule has 0 radical (unpaired) electrons. The van der Waals surface area contributed by atoms with E-state index >= 15 is 0 Å². The number of nitrogens with zero attached hydrogens (tertiary/aromatic N) is 2. The second-order valence-corrected chi connectivity index (χ2v) is 7.71. The molecule has 0 unspecified atom stereocenters. The first-order valence-electron chi connectivity index (χ1n) is 9.75. The van der Waals surface area contributed by atoms with Gasteiger partial charge in [-0.15, -0.1) is 0 Å². The Kier molecular flexibility index (Phi) is 7.95. The molecule has 1 amide bonds. The summed E-state index contributed by atoms with van der Waals surface area (Å²) in [4.78, 5) is 36.0. The average Bonchev–Trinajstić information content (AvgIpc) is 2.69. The van der Waals surface area contributed by atoms with Crippen LogP contribution in [0.4, 0.5) is 16.2 Å². The lowest BCUT2D eigenvalue weighted by molar-refractivity contribution is -0.384. The Balaban J connectivity index is 2.11. The maximum atomic E-state index is 12.8. The number of hydrogen-bond acceptors (Lipinski definition) is 7. The zero-order valence-electron chi connectivity index (χ0n) is 17.9. The van der Waals surface area contributed by atoms with Crippen LogP contribution in [-0.2, 0) is 27.3 Å². The summed E-state index contributed by atoms with van der Waals surface area (Å²) in [6.07, 6.45) is -0.218. The normalized spacial score (nSPS) is 10.9. The van der Waals surface area contributed by atoms with Gasteiger partial charge >= 0.3 is 12.1 Å². The van der Waals surface area contributed by atoms with Crippen molar-refractivity contribution >= 4 is 23.4 Å². The maximum absolute atomic E-state index is 12.8. The first kappa shape index (κ1) is 23.7. The minimum Gasteiger partial charge on any atom is -0.458 e. The molecule has 9 heteroatoms. The fourth-order valence-electron chi connectivity index (χ4n) is 3.11. The summed E-state index contributed by atoms with van der Waals surface area (Å²) >= 11 is 0. The van der Waals surface area contributed by atoms with Gasteiger partial charge in [0.25, 0.3) is 5.69 Å². The number of rotatable bonds is 9. The molecule has 0 aromatic heterocycles. The number of nitrogens with two attached hydrogens (primary N) is 1. The first-order valence-corrected chi connectivity index (χ1v) is 9.75. The van der Waals surface area contributed by atoms with Gasteiger partial charge in [-0.3, -0.25) is 14.9 Å². The molecule has 0 fully saturated rings. The van der Waals surface area contributed by atoms with Crippen LogP contribution in [0.3, 0.4) is 0 Å². The molecular formula is C22H27N3O6. The summed E-state index contributed by atoms with van der Waals surface area (Å²) in [6.45, 7) is 5.13. The summed E-state index contributed by atoms with van der Waals surface area (Å²) in [5.41, 5.74) is 6.68. The molecular weight excluding hydrogens is 402 g/mol. The third-order valence-corrected chi connectivity index (χ3v) is 4.45. The number of nitro groups is 1. The molecule has 0 aliphatic carbocycles. The largest absolute Gasteiger partial charge is 0.458 e. The van der Waals surface area contributed by atoms with E-state index < -0.39 is 22.6 Å². The number of benzene rings is 2. The number of carbonyl (C=O) groups is 2. The van der Waals surface area contributed by atoms with Crippen LogP contribution < -0.4 is 5.73 Å². The van der Waals surface area contributed by atoms with Crippen molar-refractivity contribution in [3.63, 3.8) is 0 Å². The zero-order chi connectivity index (χ0) is 23.0. The Bertz CT molecular complexity index is 930. The molecule has 0 heterocycles. The van der Waals surface area contributed by atoms with Crippen LogP contribution in [0.15, 0.2) is 48.5 Å². The van der Waals surface area contributed by atoms with Gasteiger partial charge in [0.2, 0.25) is 0 Å². The second kappa shape index (κ2) is 10.4. The minimum absolute atomic E-state index is 0.101. The predicted octanol–water partition coefficient (Wildman–Crippen LogP) is 3.70. The quantitative estimate of drug-likeness (QED) is 0.279. The van der Waals surface area contributed by atoms with E-state index in [0.717, 1.165) is 5.56 Å². The molecule has 2 N–H and O–H groups in total. The lowest BCUT2D eigenvalue weighted by Gasteiger charge is -2.31. The number of amides is 1. The number of esters is 1. The van der Waals surface area contributed by atoms with Crippen LogP contribution in [0.25, 0.3) is 0 Å². The van der Waals surface area contributed by atoms with E-state index in [9.17, 15) is 19.7 Å². The number of nitro benzene ring substituents is 1. The van der Waals surface area contributed by atoms with E-state index in [1.807, 2.05) is 30.3 Å². The Labute approximate surface area is 180 Å². The highest BCUT2D eigenvalue weighted by atomic mass is 16.6. The smallest absolute Gasteiger partial charge is 0.410 e. The zero-order valence-corrected chi connectivity index (χ0v) is 17.9. The topological polar surface area (TPSA) is 125 Å². The molecule has 0 atom stereocenters. The number of hydrogen-bond donors (Lipinski definition) is 1. The summed E-state index contributed by atoms with van der Waals surface area (Å²) in [7, 11) is 0. The van der Waals surface area contributed by atoms with Crippen LogP contribution >= 0.6 is 0 Å². The van der Waals surface area contributed by atoms with E-state index in [0.29, 0.717) is 12.0 Å². The lowest BCUT2D eigenvalue weighted by atomic mass is 10.1. The predicted molar refractivity (Wildman–Crippen MR) is 115 cm³/mol. The molecule has 2 aromatic carbocycles. The van der Waals surface area contributed by atoms with Gasteiger partial charge in [0.15, 0.2) is 0 Å². The lowest BCUT2D eigenvalue weighted by Crippen LogP contribution is -2.45. The van der Waals surface area contributed by atoms with Crippen molar-refractivity contribution in [3.05, 3.63) is 69.8 Å². The van der Waals surface area contributed by atoms with Gasteiger partial charge in [-0.05, 0) is 31.4 Å². The average molecular weight is 429 g/mol. The van der Waals surface area contributed by atoms with Crippen LogP contribution in [0, 0.1) is 10.1 Å². The number of ether oxygens (including phenoxy) is 2. The van der Waals surface area contributed by atoms with Crippen molar-refractivity contribution in [3.8, 4) is 0 Å². The van der Waals surface area contributed by atoms with Gasteiger partial charge in [-0.25, -0.2) is 4.79 Å². The van der Waals surface area contributed by atoms with Gasteiger partial charge in [-0.1, -0.05) is 36.4 Å². The summed E-state index contributed by atoms with van der Waals surface area (Å²) in [5.74, 6) is -0.456. The standard InChI is InChI=1S/C22H27N3O6/c1-16(26)31-22(2,3)15-24(21(27)30-14-17-7-5-4-6-8-17)12-11-18-9-10-19(25(28)29)13-20(18)23/h4-10,13H,11-12,14-15,23H2,1-3H3. The number of anilines is 1. The van der Waals surface area contributed by atoms with Crippen molar-refractivity contribution in [2.75, 3.05) is 18.8 Å². The van der Waals surface area contributed by atoms with Gasteiger partial charge in [0.1, 0.15) is 12.2 Å². The Morgan fingerprint density at radius 1 is 1.16 bits per heavy atom. The third-order valence-electron chi connectivity index (χ3n) is 4.45. The van der Waals surface area contributed by atoms with Gasteiger partial charge < -0.3 is 20.1 Å². The van der Waals surface area contributed by atoms with Crippen LogP contribution in [0.5, 0.6) is 0 Å². The van der Waals surface area contributed by atoms with E-state index in [1.165, 1.54) is 24.0 Å². The fourth-order valence-corrected chi connectivity index (χ4v) is 3.11. The molecule has 0 spiro atoms. The number of non-ortho nitro benzene ring substituents is 1. The van der Waals surface area contributed by atoms with Crippen molar-refractivity contribution in [2.24, 2.45) is 0 Å². The molecule has 166 valence electrons. The van der Waals surface area contributed by atoms with Crippen molar-refractivity contribution in [2.45, 2.75) is 39.4 Å². The highest BCUT2D eigenvalue weighted by Crippen LogP contribution is 2.21. The van der Waals surface area contributed by atoms with Crippen LogP contribution in [-0.4, -0.2) is 40.6 Å². The highest BCUT2D eigenvalue weighted by molar-refractivity contribution is 5.69. The van der Waals surface area contributed by atoms with Crippen molar-refractivity contribution < 1.29 is 24.0 Å². The second-order valence-electron chi connectivity index (χ2n) is 7.71. The SMILES string of the molecule is CC(=O)OC(C)(C)CN(CCc1ccc([N+](=O)[O-])cc1N)C(=O)OCc1ccccc1. The molecule has 0 saturated heterocycles. The van der Waals surface area contributed by atoms with Gasteiger partial charge in [0, 0.05) is 31.3 Å². The highest BCUT2D eigenvalue weighted by Gasteiger charge is 2.28. The van der Waals surface area contributed by atoms with Crippen molar-refractivity contribution in [1.82, 2.24) is 4.90 Å². The molecule has 31 heavy (non-hydrogen) atoms. The summed E-state index contributed by atoms with van der Waals surface area (Å²) in [5, 5.41) is 10.9. The van der Waals surface area contributed by atoms with E-state index in [1.54, 1.807) is 19.9 Å². The first-order chi connectivity index (χ1) is 14.6. The molecule has 0 saturated carbocycles. The molecule has 0 aliphatic heterocycles. The van der Waals surface area contributed by atoms with Gasteiger partial charge in [-0.2, -0.15) is 0 Å². The number of carbonyl (C=O) groups excluding carboxylic acids is 2. The van der Waals surface area contributed by atoms with E-state index in [4.69, 9.17) is 15.2 Å². The summed E-state index contributed by atoms with van der Waals surface area (Å²) in [6, 6.07) is 13.5. The van der Waals surface area contributed by atoms with Crippen LogP contribution in [0.2, 0.25) is 0 Å². The molecule has 2 aromatic rings. The Morgan fingerprint density at radius 2 is 1.84 bits per heavy atom. The molecule has 0 bridgehead atoms. The van der Waals surface area contributed by atoms with Gasteiger partial charge in [0.05, 0.1) is 11.5 Å². The van der Waals surface area contributed by atoms with Crippen LogP contribution in [0.1, 0.15) is 31.9 Å². The Hall–Kier alpha value is -3.62. The maximum Gasteiger partial charge on any atom is 0.410 e. The minimum atomic E-state index is -0.932. The molecule has 9 nitrogen and oxygen atoms in total. The summed E-state index contributed by atoms with van der Waals surface area (Å²) < 4.78 is 10.7. The van der Waals surface area contributed by atoms with E-state index in [2.05, 4.69) is 0 Å². The monoisotopic (exact) mass is 429 g/mol. The molecule has 2 rings (SSSR count). The fraction of sp³-hybridized carbons (Fsp3) is 0.364. The Morgan fingerprint density at radius 3 is 2.42 bits per heavy atom. The molecule has 0 aliphatic rings. The third kappa shape index (κ3) is 7.61. The van der Waals surface area contributed by atoms with E-state index in [-0.39, 0.29) is 31.1 Å². The number of nitrogen functional groups attached to an aromatic ring is 1.